The molecule has 0 radical (unpaired) electrons. The van der Waals surface area contributed by atoms with Crippen LogP contribution in [0.1, 0.15) is 24.9 Å². The van der Waals surface area contributed by atoms with E-state index in [9.17, 15) is 4.79 Å². The third-order valence-corrected chi connectivity index (χ3v) is 3.63. The molecule has 1 N–H and O–H groups in total. The van der Waals surface area contributed by atoms with Crippen molar-refractivity contribution in [1.29, 1.82) is 0 Å². The number of rotatable bonds is 7. The second kappa shape index (κ2) is 7.13. The lowest BCUT2D eigenvalue weighted by Crippen LogP contribution is -2.29. The molecule has 0 spiro atoms. The van der Waals surface area contributed by atoms with Crippen LogP contribution >= 0.6 is 0 Å². The summed E-state index contributed by atoms with van der Waals surface area (Å²) < 4.78 is 8.67. The lowest BCUT2D eigenvalue weighted by atomic mass is 10.1. The van der Waals surface area contributed by atoms with Crippen LogP contribution in [-0.2, 0) is 13.1 Å². The summed E-state index contributed by atoms with van der Waals surface area (Å²) >= 11 is 0. The molecule has 0 amide bonds. The Morgan fingerprint density at radius 2 is 1.86 bits per heavy atom. The highest BCUT2D eigenvalue weighted by Crippen LogP contribution is 2.18. The fraction of sp³-hybridized carbons (Fsp3) is 0.438. The molecule has 0 fully saturated rings. The molecule has 0 saturated carbocycles. The zero-order chi connectivity index (χ0) is 15.2. The van der Waals surface area contributed by atoms with Crippen LogP contribution in [-0.4, -0.2) is 23.3 Å². The number of aromatic nitrogens is 2. The van der Waals surface area contributed by atoms with Crippen LogP contribution < -0.4 is 15.7 Å². The van der Waals surface area contributed by atoms with Gasteiger partial charge in [-0.3, -0.25) is 9.13 Å². The van der Waals surface area contributed by atoms with Gasteiger partial charge in [-0.25, -0.2) is 4.79 Å². The number of benzene rings is 1. The first-order valence-corrected chi connectivity index (χ1v) is 7.26. The van der Waals surface area contributed by atoms with Crippen LogP contribution in [0.3, 0.4) is 0 Å². The Morgan fingerprint density at radius 1 is 1.19 bits per heavy atom. The van der Waals surface area contributed by atoms with E-state index in [4.69, 9.17) is 4.74 Å². The van der Waals surface area contributed by atoms with E-state index < -0.39 is 0 Å². The van der Waals surface area contributed by atoms with Crippen molar-refractivity contribution >= 4 is 0 Å². The minimum atomic E-state index is 0.0469. The van der Waals surface area contributed by atoms with Crippen LogP contribution in [0.25, 0.3) is 0 Å². The van der Waals surface area contributed by atoms with Gasteiger partial charge in [0.15, 0.2) is 0 Å². The maximum Gasteiger partial charge on any atom is 0.328 e. The second-order valence-electron chi connectivity index (χ2n) is 5.04. The van der Waals surface area contributed by atoms with Crippen LogP contribution in [0.5, 0.6) is 5.75 Å². The highest BCUT2D eigenvalue weighted by molar-refractivity contribution is 5.29. The van der Waals surface area contributed by atoms with E-state index in [2.05, 4.69) is 12.2 Å². The molecule has 0 bridgehead atoms. The quantitative estimate of drug-likeness (QED) is 0.848. The van der Waals surface area contributed by atoms with Gasteiger partial charge in [0, 0.05) is 25.5 Å². The first kappa shape index (κ1) is 15.4. The summed E-state index contributed by atoms with van der Waals surface area (Å²) in [5, 5.41) is 3.26. The average molecular weight is 289 g/mol. The van der Waals surface area contributed by atoms with Gasteiger partial charge >= 0.3 is 5.69 Å². The molecular weight excluding hydrogens is 266 g/mol. The van der Waals surface area contributed by atoms with E-state index >= 15 is 0 Å². The first-order chi connectivity index (χ1) is 10.2. The summed E-state index contributed by atoms with van der Waals surface area (Å²) in [6, 6.07) is 8.00. The van der Waals surface area contributed by atoms with E-state index in [-0.39, 0.29) is 11.7 Å². The van der Waals surface area contributed by atoms with Crippen molar-refractivity contribution in [3.63, 3.8) is 0 Å². The second-order valence-corrected chi connectivity index (χ2v) is 5.04. The predicted octanol–water partition coefficient (Wildman–Crippen LogP) is 2.03. The van der Waals surface area contributed by atoms with E-state index in [1.54, 1.807) is 16.2 Å². The van der Waals surface area contributed by atoms with Crippen molar-refractivity contribution in [3.05, 3.63) is 52.7 Å². The van der Waals surface area contributed by atoms with Gasteiger partial charge in [0.2, 0.25) is 0 Å². The molecule has 1 aromatic heterocycles. The number of ether oxygens (including phenoxy) is 1. The van der Waals surface area contributed by atoms with Gasteiger partial charge in [0.25, 0.3) is 0 Å². The van der Waals surface area contributed by atoms with Gasteiger partial charge in [0.05, 0.1) is 13.2 Å². The van der Waals surface area contributed by atoms with Crippen molar-refractivity contribution < 1.29 is 4.74 Å². The van der Waals surface area contributed by atoms with Crippen LogP contribution in [0.15, 0.2) is 41.5 Å². The molecule has 2 aromatic rings. The molecule has 1 aromatic carbocycles. The topological polar surface area (TPSA) is 48.2 Å². The standard InChI is InChI=1S/C16H23N3O2/c1-4-9-18-10-11-19(16(18)20)12-15(17-2)13-5-7-14(21-3)8-6-13/h5-8,10-11,15,17H,4,9,12H2,1-3H3. The van der Waals surface area contributed by atoms with E-state index in [0.717, 1.165) is 24.3 Å². The molecule has 1 heterocycles. The SMILES string of the molecule is CCCn1ccn(CC(NC)c2ccc(OC)cc2)c1=O. The van der Waals surface area contributed by atoms with Crippen LogP contribution in [0.4, 0.5) is 0 Å². The van der Waals surface area contributed by atoms with Gasteiger partial charge in [-0.15, -0.1) is 0 Å². The summed E-state index contributed by atoms with van der Waals surface area (Å²) in [6.45, 7) is 3.44. The summed E-state index contributed by atoms with van der Waals surface area (Å²) in [5.41, 5.74) is 1.18. The molecule has 0 aliphatic carbocycles. The summed E-state index contributed by atoms with van der Waals surface area (Å²) in [5.74, 6) is 0.833. The summed E-state index contributed by atoms with van der Waals surface area (Å²) in [7, 11) is 3.56. The number of nitrogens with one attached hydrogen (secondary N) is 1. The largest absolute Gasteiger partial charge is 0.497 e. The minimum absolute atomic E-state index is 0.0469. The summed E-state index contributed by atoms with van der Waals surface area (Å²) in [4.78, 5) is 12.2. The molecule has 5 nitrogen and oxygen atoms in total. The lowest BCUT2D eigenvalue weighted by molar-refractivity contribution is 0.414. The molecule has 2 rings (SSSR count). The van der Waals surface area contributed by atoms with E-state index in [1.807, 2.05) is 43.7 Å². The van der Waals surface area contributed by atoms with Gasteiger partial charge < -0.3 is 10.1 Å². The van der Waals surface area contributed by atoms with Crippen LogP contribution in [0.2, 0.25) is 0 Å². The van der Waals surface area contributed by atoms with Gasteiger partial charge in [0.1, 0.15) is 5.75 Å². The number of likely N-dealkylation sites (N-methyl/N-ethyl adjacent to an activating group) is 1. The van der Waals surface area contributed by atoms with Crippen molar-refractivity contribution in [2.24, 2.45) is 0 Å². The number of nitrogens with zero attached hydrogens (tertiary/aromatic N) is 2. The van der Waals surface area contributed by atoms with Gasteiger partial charge in [-0.05, 0) is 31.2 Å². The molecule has 5 heteroatoms. The summed E-state index contributed by atoms with van der Waals surface area (Å²) in [6.07, 6.45) is 4.66. The van der Waals surface area contributed by atoms with Crippen molar-refractivity contribution in [2.75, 3.05) is 14.2 Å². The van der Waals surface area contributed by atoms with Crippen molar-refractivity contribution in [2.45, 2.75) is 32.5 Å². The number of methoxy groups -OCH3 is 1. The Morgan fingerprint density at radius 3 is 2.43 bits per heavy atom. The Kier molecular flexibility index (Phi) is 5.22. The maximum absolute atomic E-state index is 12.2. The van der Waals surface area contributed by atoms with Crippen molar-refractivity contribution in [1.82, 2.24) is 14.5 Å². The highest BCUT2D eigenvalue weighted by atomic mass is 16.5. The average Bonchev–Trinajstić information content (AvgIpc) is 2.86. The molecule has 114 valence electrons. The van der Waals surface area contributed by atoms with E-state index in [1.165, 1.54) is 0 Å². The highest BCUT2D eigenvalue weighted by Gasteiger charge is 2.12. The molecule has 0 aliphatic heterocycles. The Bertz CT molecular complexity index is 613. The van der Waals surface area contributed by atoms with Gasteiger partial charge in [-0.2, -0.15) is 0 Å². The van der Waals surface area contributed by atoms with Crippen molar-refractivity contribution in [3.8, 4) is 5.75 Å². The molecule has 1 atom stereocenters. The third kappa shape index (κ3) is 3.55. The molecule has 21 heavy (non-hydrogen) atoms. The fourth-order valence-electron chi connectivity index (χ4n) is 2.40. The smallest absolute Gasteiger partial charge is 0.328 e. The lowest BCUT2D eigenvalue weighted by Gasteiger charge is -2.17. The predicted molar refractivity (Wildman–Crippen MR) is 83.8 cm³/mol. The molecule has 0 saturated heterocycles. The fourth-order valence-corrected chi connectivity index (χ4v) is 2.40. The van der Waals surface area contributed by atoms with Gasteiger partial charge in [-0.1, -0.05) is 19.1 Å². The molecular formula is C16H23N3O2. The Balaban J connectivity index is 2.16. The first-order valence-electron chi connectivity index (χ1n) is 7.26. The van der Waals surface area contributed by atoms with E-state index in [0.29, 0.717) is 6.54 Å². The maximum atomic E-state index is 12.2. The Hall–Kier alpha value is -2.01. The Labute approximate surface area is 125 Å². The van der Waals surface area contributed by atoms with Crippen LogP contribution in [0, 0.1) is 0 Å². The minimum Gasteiger partial charge on any atom is -0.497 e. The third-order valence-electron chi connectivity index (χ3n) is 3.63. The zero-order valence-corrected chi connectivity index (χ0v) is 12.9. The monoisotopic (exact) mass is 289 g/mol. The molecule has 1 unspecified atom stereocenters. The number of imidazole rings is 1. The number of hydrogen-bond acceptors (Lipinski definition) is 3. The molecule has 0 aliphatic rings. The number of hydrogen-bond donors (Lipinski definition) is 1. The normalized spacial score (nSPS) is 12.3. The number of aryl methyl sites for hydroxylation is 1. The zero-order valence-electron chi connectivity index (χ0n) is 12.9.